The summed E-state index contributed by atoms with van der Waals surface area (Å²) < 4.78 is 22.6. The van der Waals surface area contributed by atoms with Crippen LogP contribution in [0.4, 0.5) is 17.3 Å². The molecule has 3 heterocycles. The highest BCUT2D eigenvalue weighted by Crippen LogP contribution is 2.44. The Labute approximate surface area is 263 Å². The number of nitrogens with zero attached hydrogens (tertiary/aromatic N) is 5. The van der Waals surface area contributed by atoms with Crippen molar-refractivity contribution in [3.63, 3.8) is 0 Å². The van der Waals surface area contributed by atoms with E-state index in [1.54, 1.807) is 25.6 Å². The number of nitrogens with one attached hydrogen (secondary N) is 1. The van der Waals surface area contributed by atoms with Gasteiger partial charge >= 0.3 is 0 Å². The summed E-state index contributed by atoms with van der Waals surface area (Å²) in [4.78, 5) is 16.4. The van der Waals surface area contributed by atoms with Gasteiger partial charge in [-0.25, -0.2) is 9.97 Å². The minimum absolute atomic E-state index is 0.358. The number of piperidine rings is 1. The molecule has 10 nitrogen and oxygen atoms in total. The van der Waals surface area contributed by atoms with Crippen LogP contribution >= 0.6 is 23.2 Å². The number of benzene rings is 2. The average molecular weight is 632 g/mol. The maximum absolute atomic E-state index is 6.55. The number of rotatable bonds is 10. The third-order valence-corrected chi connectivity index (χ3v) is 9.03. The number of methoxy groups -OCH3 is 3. The SMILES string of the molecule is COc1cc(Nc2ncc(OC(C)c3c(Cl)c(OC)cc(OC)c3Cl)cn2)ccc1N1CCC(N2CCN(C)CC2)CC1. The lowest BCUT2D eigenvalue weighted by Gasteiger charge is -2.42. The van der Waals surface area contributed by atoms with Gasteiger partial charge in [-0.15, -0.1) is 0 Å². The minimum atomic E-state index is -0.519. The van der Waals surface area contributed by atoms with E-state index in [0.29, 0.717) is 44.8 Å². The molecule has 2 aromatic carbocycles. The summed E-state index contributed by atoms with van der Waals surface area (Å²) in [5.41, 5.74) is 2.49. The predicted molar refractivity (Wildman–Crippen MR) is 171 cm³/mol. The van der Waals surface area contributed by atoms with Gasteiger partial charge in [0.15, 0.2) is 5.75 Å². The van der Waals surface area contributed by atoms with Gasteiger partial charge in [-0.3, -0.25) is 4.90 Å². The Morgan fingerprint density at radius 1 is 0.837 bits per heavy atom. The van der Waals surface area contributed by atoms with Crippen molar-refractivity contribution in [2.75, 3.05) is 77.9 Å². The first-order valence-electron chi connectivity index (χ1n) is 14.5. The fourth-order valence-corrected chi connectivity index (χ4v) is 6.58. The molecule has 5 rings (SSSR count). The van der Waals surface area contributed by atoms with Crippen LogP contribution in [0.15, 0.2) is 36.7 Å². The Bertz CT molecular complexity index is 1350. The summed E-state index contributed by atoms with van der Waals surface area (Å²) in [5, 5.41) is 3.98. The monoisotopic (exact) mass is 630 g/mol. The topological polar surface area (TPSA) is 84.4 Å². The third kappa shape index (κ3) is 7.15. The quantitative estimate of drug-likeness (QED) is 0.292. The maximum Gasteiger partial charge on any atom is 0.227 e. The number of halogens is 2. The van der Waals surface area contributed by atoms with Crippen LogP contribution in [0, 0.1) is 0 Å². The van der Waals surface area contributed by atoms with E-state index >= 15 is 0 Å². The Balaban J connectivity index is 1.20. The van der Waals surface area contributed by atoms with Crippen LogP contribution in [0.5, 0.6) is 23.0 Å². The second-order valence-corrected chi connectivity index (χ2v) is 11.7. The van der Waals surface area contributed by atoms with Gasteiger partial charge in [0.1, 0.15) is 23.4 Å². The normalized spacial score (nSPS) is 17.4. The lowest BCUT2D eigenvalue weighted by Crippen LogP contribution is -2.52. The molecule has 2 aliphatic rings. The summed E-state index contributed by atoms with van der Waals surface area (Å²) in [5.74, 6) is 2.60. The van der Waals surface area contributed by atoms with Gasteiger partial charge < -0.3 is 34.1 Å². The van der Waals surface area contributed by atoms with Crippen LogP contribution in [0.2, 0.25) is 10.0 Å². The summed E-state index contributed by atoms with van der Waals surface area (Å²) >= 11 is 13.1. The van der Waals surface area contributed by atoms with Gasteiger partial charge in [-0.1, -0.05) is 23.2 Å². The van der Waals surface area contributed by atoms with Crippen LogP contribution in [0.25, 0.3) is 0 Å². The fraction of sp³-hybridized carbons (Fsp3) is 0.484. The largest absolute Gasteiger partial charge is 0.495 e. The molecule has 0 amide bonds. The molecule has 1 atom stereocenters. The van der Waals surface area contributed by atoms with E-state index in [4.69, 9.17) is 42.1 Å². The van der Waals surface area contributed by atoms with Crippen molar-refractivity contribution in [1.82, 2.24) is 19.8 Å². The second-order valence-electron chi connectivity index (χ2n) is 10.9. The fourth-order valence-electron chi connectivity index (χ4n) is 5.77. The molecule has 43 heavy (non-hydrogen) atoms. The molecular formula is C31H40Cl2N6O4. The van der Waals surface area contributed by atoms with Crippen molar-refractivity contribution < 1.29 is 18.9 Å². The van der Waals surface area contributed by atoms with Crippen molar-refractivity contribution >= 4 is 40.5 Å². The molecule has 2 fully saturated rings. The van der Waals surface area contributed by atoms with Crippen LogP contribution in [0.3, 0.4) is 0 Å². The van der Waals surface area contributed by atoms with E-state index in [-0.39, 0.29) is 0 Å². The summed E-state index contributed by atoms with van der Waals surface area (Å²) in [6.45, 7) is 8.51. The van der Waals surface area contributed by atoms with Gasteiger partial charge in [-0.05, 0) is 38.9 Å². The molecule has 2 saturated heterocycles. The van der Waals surface area contributed by atoms with Crippen molar-refractivity contribution in [3.8, 4) is 23.0 Å². The standard InChI is InChI=1S/C31H40Cl2N6O4/c1-20(28-29(32)26(41-4)17-27(42-5)30(28)33)43-23-18-34-31(35-19-23)36-21-6-7-24(25(16-21)40-3)39-10-8-22(9-11-39)38-14-12-37(2)13-15-38/h6-7,16-20,22H,8-15H2,1-5H3,(H,34,35,36). The Morgan fingerprint density at radius 2 is 1.44 bits per heavy atom. The molecule has 0 radical (unpaired) electrons. The molecule has 2 aliphatic heterocycles. The Morgan fingerprint density at radius 3 is 2.02 bits per heavy atom. The van der Waals surface area contributed by atoms with E-state index in [2.05, 4.69) is 43.1 Å². The van der Waals surface area contributed by atoms with Gasteiger partial charge in [0.05, 0.1) is 49.5 Å². The Hall–Kier alpha value is -3.18. The zero-order valence-electron chi connectivity index (χ0n) is 25.4. The molecule has 232 valence electrons. The molecule has 1 N–H and O–H groups in total. The van der Waals surface area contributed by atoms with Gasteiger partial charge in [0.2, 0.25) is 5.95 Å². The predicted octanol–water partition coefficient (Wildman–Crippen LogP) is 5.91. The number of ether oxygens (including phenoxy) is 4. The molecular weight excluding hydrogens is 591 g/mol. The molecule has 0 saturated carbocycles. The summed E-state index contributed by atoms with van der Waals surface area (Å²) in [6.07, 6.45) is 5.01. The van der Waals surface area contributed by atoms with E-state index in [9.17, 15) is 0 Å². The van der Waals surface area contributed by atoms with Crippen LogP contribution < -0.4 is 29.2 Å². The smallest absolute Gasteiger partial charge is 0.227 e. The zero-order valence-corrected chi connectivity index (χ0v) is 26.9. The van der Waals surface area contributed by atoms with Crippen LogP contribution in [-0.2, 0) is 0 Å². The van der Waals surface area contributed by atoms with Crippen molar-refractivity contribution in [3.05, 3.63) is 52.3 Å². The van der Waals surface area contributed by atoms with E-state index in [1.807, 2.05) is 19.1 Å². The number of piperazine rings is 1. The second kappa shape index (κ2) is 14.1. The van der Waals surface area contributed by atoms with Gasteiger partial charge in [0, 0.05) is 68.7 Å². The van der Waals surface area contributed by atoms with Crippen molar-refractivity contribution in [2.24, 2.45) is 0 Å². The third-order valence-electron chi connectivity index (χ3n) is 8.25. The molecule has 3 aromatic rings. The lowest BCUT2D eigenvalue weighted by molar-refractivity contribution is 0.0981. The van der Waals surface area contributed by atoms with Crippen molar-refractivity contribution in [2.45, 2.75) is 31.9 Å². The highest BCUT2D eigenvalue weighted by Gasteiger charge is 2.28. The molecule has 12 heteroatoms. The first kappa shape index (κ1) is 31.3. The highest BCUT2D eigenvalue weighted by molar-refractivity contribution is 6.38. The molecule has 1 unspecified atom stereocenters. The van der Waals surface area contributed by atoms with E-state index in [1.165, 1.54) is 27.3 Å². The first-order chi connectivity index (χ1) is 20.8. The Kier molecular flexibility index (Phi) is 10.2. The number of anilines is 3. The number of hydrogen-bond donors (Lipinski definition) is 1. The van der Waals surface area contributed by atoms with E-state index < -0.39 is 6.10 Å². The number of aromatic nitrogens is 2. The lowest BCUT2D eigenvalue weighted by atomic mass is 10.0. The summed E-state index contributed by atoms with van der Waals surface area (Å²) in [7, 11) is 6.98. The van der Waals surface area contributed by atoms with Gasteiger partial charge in [-0.2, -0.15) is 0 Å². The highest BCUT2D eigenvalue weighted by atomic mass is 35.5. The number of hydrogen-bond acceptors (Lipinski definition) is 10. The van der Waals surface area contributed by atoms with Crippen LogP contribution in [-0.4, -0.2) is 93.5 Å². The maximum atomic E-state index is 6.55. The van der Waals surface area contributed by atoms with Crippen LogP contribution in [0.1, 0.15) is 31.4 Å². The molecule has 1 aromatic heterocycles. The molecule has 0 bridgehead atoms. The van der Waals surface area contributed by atoms with Gasteiger partial charge in [0.25, 0.3) is 0 Å². The van der Waals surface area contributed by atoms with E-state index in [0.717, 1.165) is 56.1 Å². The number of likely N-dealkylation sites (N-methyl/N-ethyl adjacent to an activating group) is 1. The molecule has 0 spiro atoms. The average Bonchev–Trinajstić information content (AvgIpc) is 3.02. The minimum Gasteiger partial charge on any atom is -0.495 e. The summed E-state index contributed by atoms with van der Waals surface area (Å²) in [6, 6.07) is 8.42. The van der Waals surface area contributed by atoms with Crippen molar-refractivity contribution in [1.29, 1.82) is 0 Å². The molecule has 0 aliphatic carbocycles. The first-order valence-corrected chi connectivity index (χ1v) is 15.3. The zero-order chi connectivity index (χ0) is 30.5.